The third-order valence-electron chi connectivity index (χ3n) is 5.16. The molecule has 0 bridgehead atoms. The summed E-state index contributed by atoms with van der Waals surface area (Å²) in [6, 6.07) is 0. The summed E-state index contributed by atoms with van der Waals surface area (Å²) in [6.45, 7) is 4.81. The van der Waals surface area contributed by atoms with Gasteiger partial charge in [0.2, 0.25) is 0 Å². The van der Waals surface area contributed by atoms with Crippen LogP contribution in [0.1, 0.15) is 43.4 Å². The van der Waals surface area contributed by atoms with Gasteiger partial charge in [-0.1, -0.05) is 24.4 Å². The molecule has 1 saturated heterocycles. The first kappa shape index (κ1) is 14.4. The minimum atomic E-state index is -0.400. The smallest absolute Gasteiger partial charge is 0.131 e. The van der Waals surface area contributed by atoms with Crippen molar-refractivity contribution in [3.8, 4) is 0 Å². The maximum atomic E-state index is 10.7. The average molecular weight is 298 g/mol. The highest BCUT2D eigenvalue weighted by molar-refractivity contribution is 6.30. The van der Waals surface area contributed by atoms with Crippen LogP contribution < -0.4 is 0 Å². The minimum absolute atomic E-state index is 0.400. The van der Waals surface area contributed by atoms with Crippen LogP contribution in [0.3, 0.4) is 0 Å². The topological polar surface area (TPSA) is 41.3 Å². The molecule has 0 amide bonds. The van der Waals surface area contributed by atoms with Crippen LogP contribution in [0.4, 0.5) is 0 Å². The molecule has 2 heterocycles. The van der Waals surface area contributed by atoms with Crippen molar-refractivity contribution in [2.45, 2.75) is 51.2 Å². The summed E-state index contributed by atoms with van der Waals surface area (Å²) in [5.74, 6) is 0.431. The summed E-state index contributed by atoms with van der Waals surface area (Å²) in [4.78, 5) is 2.43. The number of piperidine rings is 1. The molecule has 3 rings (SSSR count). The lowest BCUT2D eigenvalue weighted by molar-refractivity contribution is -0.0968. The van der Waals surface area contributed by atoms with E-state index in [0.717, 1.165) is 55.3 Å². The third kappa shape index (κ3) is 2.49. The number of fused-ring (bicyclic) bond motifs is 1. The summed E-state index contributed by atoms with van der Waals surface area (Å²) < 4.78 is 1.74. The van der Waals surface area contributed by atoms with E-state index in [4.69, 9.17) is 11.6 Å². The number of hydrogen-bond acceptors (Lipinski definition) is 3. The average Bonchev–Trinajstić information content (AvgIpc) is 2.65. The summed E-state index contributed by atoms with van der Waals surface area (Å²) in [5.41, 5.74) is 1.75. The molecule has 4 nitrogen and oxygen atoms in total. The number of rotatable bonds is 2. The van der Waals surface area contributed by atoms with Gasteiger partial charge in [-0.3, -0.25) is 9.58 Å². The largest absolute Gasteiger partial charge is 0.390 e. The number of halogens is 1. The second-order valence-electron chi connectivity index (χ2n) is 6.51. The van der Waals surface area contributed by atoms with Crippen LogP contribution in [0, 0.1) is 12.8 Å². The van der Waals surface area contributed by atoms with Gasteiger partial charge in [-0.2, -0.15) is 5.10 Å². The Hall–Kier alpha value is -0.580. The molecule has 112 valence electrons. The van der Waals surface area contributed by atoms with Crippen molar-refractivity contribution in [3.63, 3.8) is 0 Å². The van der Waals surface area contributed by atoms with Crippen LogP contribution in [0.2, 0.25) is 5.15 Å². The molecule has 1 aliphatic carbocycles. The molecule has 2 atom stereocenters. The van der Waals surface area contributed by atoms with Crippen LogP contribution in [0.25, 0.3) is 0 Å². The van der Waals surface area contributed by atoms with Crippen molar-refractivity contribution in [1.29, 1.82) is 0 Å². The van der Waals surface area contributed by atoms with E-state index >= 15 is 0 Å². The van der Waals surface area contributed by atoms with Crippen LogP contribution in [0.5, 0.6) is 0 Å². The summed E-state index contributed by atoms with van der Waals surface area (Å²) in [6.07, 6.45) is 5.48. The fraction of sp³-hybridized carbons (Fsp3) is 0.800. The van der Waals surface area contributed by atoms with Gasteiger partial charge in [0.05, 0.1) is 11.3 Å². The van der Waals surface area contributed by atoms with E-state index in [-0.39, 0.29) is 0 Å². The van der Waals surface area contributed by atoms with Gasteiger partial charge in [0.25, 0.3) is 0 Å². The van der Waals surface area contributed by atoms with Gasteiger partial charge < -0.3 is 5.11 Å². The number of nitrogens with zero attached hydrogens (tertiary/aromatic N) is 3. The Balaban J connectivity index is 1.71. The summed E-state index contributed by atoms with van der Waals surface area (Å²) >= 11 is 6.32. The normalized spacial score (nSPS) is 31.3. The van der Waals surface area contributed by atoms with E-state index in [1.807, 2.05) is 14.0 Å². The third-order valence-corrected chi connectivity index (χ3v) is 5.64. The van der Waals surface area contributed by atoms with E-state index in [1.54, 1.807) is 4.68 Å². The van der Waals surface area contributed by atoms with Gasteiger partial charge in [-0.05, 0) is 26.2 Å². The Morgan fingerprint density at radius 1 is 1.40 bits per heavy atom. The molecule has 0 aromatic carbocycles. The standard InChI is InChI=1S/C15H24ClN3O/c1-11-13(14(16)18(2)17-11)10-19-8-7-15(20)6-4-3-5-12(15)9-19/h12,20H,3-10H2,1-2H3. The monoisotopic (exact) mass is 297 g/mol. The van der Waals surface area contributed by atoms with E-state index in [0.29, 0.717) is 5.92 Å². The highest BCUT2D eigenvalue weighted by atomic mass is 35.5. The second-order valence-corrected chi connectivity index (χ2v) is 6.87. The van der Waals surface area contributed by atoms with E-state index in [1.165, 1.54) is 12.8 Å². The SMILES string of the molecule is Cc1nn(C)c(Cl)c1CN1CCC2(O)CCCCC2C1. The molecule has 1 aliphatic heterocycles. The Kier molecular flexibility index (Phi) is 3.82. The maximum absolute atomic E-state index is 10.7. The quantitative estimate of drug-likeness (QED) is 0.912. The predicted molar refractivity (Wildman–Crippen MR) is 79.8 cm³/mol. The van der Waals surface area contributed by atoms with Crippen molar-refractivity contribution in [1.82, 2.24) is 14.7 Å². The first-order valence-corrected chi connectivity index (χ1v) is 8.00. The zero-order chi connectivity index (χ0) is 14.3. The van der Waals surface area contributed by atoms with Crippen molar-refractivity contribution in [2.75, 3.05) is 13.1 Å². The molecular formula is C15H24ClN3O. The molecule has 2 aliphatic rings. The number of likely N-dealkylation sites (tertiary alicyclic amines) is 1. The molecule has 0 radical (unpaired) electrons. The van der Waals surface area contributed by atoms with E-state index in [9.17, 15) is 5.11 Å². The van der Waals surface area contributed by atoms with Gasteiger partial charge in [0, 0.05) is 38.2 Å². The molecule has 5 heteroatoms. The van der Waals surface area contributed by atoms with Crippen LogP contribution in [-0.4, -0.2) is 38.5 Å². The highest BCUT2D eigenvalue weighted by Gasteiger charge is 2.42. The number of aromatic nitrogens is 2. The van der Waals surface area contributed by atoms with Gasteiger partial charge in [0.15, 0.2) is 0 Å². The Bertz CT molecular complexity index is 502. The van der Waals surface area contributed by atoms with Gasteiger partial charge in [0.1, 0.15) is 5.15 Å². The molecule has 1 aromatic rings. The lowest BCUT2D eigenvalue weighted by Gasteiger charge is -2.47. The highest BCUT2D eigenvalue weighted by Crippen LogP contribution is 2.40. The first-order chi connectivity index (χ1) is 9.49. The summed E-state index contributed by atoms with van der Waals surface area (Å²) in [5, 5.41) is 15.8. The Labute approximate surface area is 125 Å². The molecule has 1 aromatic heterocycles. The Morgan fingerprint density at radius 3 is 2.90 bits per heavy atom. The number of aryl methyl sites for hydroxylation is 2. The minimum Gasteiger partial charge on any atom is -0.390 e. The molecule has 0 spiro atoms. The fourth-order valence-corrected chi connectivity index (χ4v) is 4.09. The van der Waals surface area contributed by atoms with Crippen LogP contribution >= 0.6 is 11.6 Å². The van der Waals surface area contributed by atoms with Crippen molar-refractivity contribution in [3.05, 3.63) is 16.4 Å². The van der Waals surface area contributed by atoms with Gasteiger partial charge in [-0.25, -0.2) is 0 Å². The maximum Gasteiger partial charge on any atom is 0.131 e. The van der Waals surface area contributed by atoms with Crippen molar-refractivity contribution < 1.29 is 5.11 Å². The lowest BCUT2D eigenvalue weighted by Crippen LogP contribution is -2.53. The Morgan fingerprint density at radius 2 is 2.20 bits per heavy atom. The van der Waals surface area contributed by atoms with Crippen molar-refractivity contribution in [2.24, 2.45) is 13.0 Å². The zero-order valence-electron chi connectivity index (χ0n) is 12.4. The molecule has 2 fully saturated rings. The summed E-state index contributed by atoms with van der Waals surface area (Å²) in [7, 11) is 1.88. The molecular weight excluding hydrogens is 274 g/mol. The zero-order valence-corrected chi connectivity index (χ0v) is 13.2. The number of hydrogen-bond donors (Lipinski definition) is 1. The molecule has 1 N–H and O–H groups in total. The van der Waals surface area contributed by atoms with E-state index < -0.39 is 5.60 Å². The van der Waals surface area contributed by atoms with Gasteiger partial charge in [-0.15, -0.1) is 0 Å². The van der Waals surface area contributed by atoms with Gasteiger partial charge >= 0.3 is 0 Å². The predicted octanol–water partition coefficient (Wildman–Crippen LogP) is 2.51. The lowest BCUT2D eigenvalue weighted by atomic mass is 9.71. The second kappa shape index (κ2) is 5.32. The molecule has 2 unspecified atom stereocenters. The molecule has 1 saturated carbocycles. The molecule has 20 heavy (non-hydrogen) atoms. The van der Waals surface area contributed by atoms with Crippen LogP contribution in [0.15, 0.2) is 0 Å². The van der Waals surface area contributed by atoms with E-state index in [2.05, 4.69) is 10.00 Å². The number of aliphatic hydroxyl groups is 1. The first-order valence-electron chi connectivity index (χ1n) is 7.62. The fourth-order valence-electron chi connectivity index (χ4n) is 3.86. The van der Waals surface area contributed by atoms with Crippen molar-refractivity contribution >= 4 is 11.6 Å². The van der Waals surface area contributed by atoms with Crippen LogP contribution in [-0.2, 0) is 13.6 Å².